The third-order valence-electron chi connectivity index (χ3n) is 9.46. The molecule has 1 N–H and O–H groups in total. The molecule has 0 aromatic heterocycles. The lowest BCUT2D eigenvalue weighted by atomic mass is 9.82. The maximum atomic E-state index is 13.4. The second-order valence-corrected chi connectivity index (χ2v) is 13.5. The van der Waals surface area contributed by atoms with Crippen LogP contribution in [0.2, 0.25) is 5.02 Å². The first-order valence-corrected chi connectivity index (χ1v) is 17.6. The molecule has 7 rings (SSSR count). The van der Waals surface area contributed by atoms with Gasteiger partial charge in [-0.2, -0.15) is 0 Å². The van der Waals surface area contributed by atoms with Crippen LogP contribution in [0.3, 0.4) is 0 Å². The number of carboxylic acids is 1. The van der Waals surface area contributed by atoms with Gasteiger partial charge in [0, 0.05) is 10.6 Å². The number of ether oxygens (including phenoxy) is 6. The molecular weight excluding hydrogens is 725 g/mol. The van der Waals surface area contributed by atoms with Gasteiger partial charge in [-0.1, -0.05) is 121 Å². The summed E-state index contributed by atoms with van der Waals surface area (Å²) in [5.74, 6) is -3.47. The van der Waals surface area contributed by atoms with Crippen LogP contribution in [0.15, 0.2) is 133 Å². The monoisotopic (exact) mass is 760 g/mol. The highest BCUT2D eigenvalue weighted by molar-refractivity contribution is 6.31. The fourth-order valence-corrected chi connectivity index (χ4v) is 7.03. The summed E-state index contributed by atoms with van der Waals surface area (Å²) in [6.45, 7) is -0.126. The first kappa shape index (κ1) is 37.6. The SMILES string of the molecule is O=C(O)[C@@]12CO[C@@](c3ccc(Cl)c(Cc4ccc(OC(F)(F)F)cc4)c3)(O1)[C@H](OCc1ccccc1)[C@@H](OCc1ccccc1)[C@@H]2OCc1ccccc1. The van der Waals surface area contributed by atoms with Crippen LogP contribution in [0.25, 0.3) is 0 Å². The third kappa shape index (κ3) is 8.17. The second-order valence-electron chi connectivity index (χ2n) is 13.1. The van der Waals surface area contributed by atoms with Crippen LogP contribution in [-0.2, 0) is 60.5 Å². The largest absolute Gasteiger partial charge is 0.573 e. The van der Waals surface area contributed by atoms with E-state index in [1.165, 1.54) is 24.3 Å². The Morgan fingerprint density at radius 2 is 1.26 bits per heavy atom. The van der Waals surface area contributed by atoms with Crippen molar-refractivity contribution >= 4 is 17.6 Å². The maximum absolute atomic E-state index is 13.4. The quantitative estimate of drug-likeness (QED) is 0.120. The Bertz CT molecular complexity index is 2020. The molecule has 2 bridgehead atoms. The molecule has 8 nitrogen and oxygen atoms in total. The predicted octanol–water partition coefficient (Wildman–Crippen LogP) is 8.62. The van der Waals surface area contributed by atoms with Crippen LogP contribution in [0.5, 0.6) is 5.75 Å². The number of benzene rings is 5. The van der Waals surface area contributed by atoms with Gasteiger partial charge >= 0.3 is 12.3 Å². The zero-order chi connectivity index (χ0) is 37.8. The van der Waals surface area contributed by atoms with Gasteiger partial charge < -0.3 is 33.5 Å². The number of halogens is 4. The third-order valence-corrected chi connectivity index (χ3v) is 9.83. The molecule has 0 saturated carbocycles. The van der Waals surface area contributed by atoms with Crippen LogP contribution in [0.1, 0.15) is 33.4 Å². The molecule has 2 aliphatic heterocycles. The molecule has 2 heterocycles. The lowest BCUT2D eigenvalue weighted by Gasteiger charge is -2.49. The minimum absolute atomic E-state index is 0.0609. The Balaban J connectivity index is 1.29. The lowest BCUT2D eigenvalue weighted by Crippen LogP contribution is -2.68. The number of carbonyl (C=O) groups is 1. The predicted molar refractivity (Wildman–Crippen MR) is 192 cm³/mol. The molecule has 0 unspecified atom stereocenters. The van der Waals surface area contributed by atoms with E-state index in [4.69, 9.17) is 35.3 Å². The molecular formula is C42H36ClF3O8. The highest BCUT2D eigenvalue weighted by atomic mass is 35.5. The van der Waals surface area contributed by atoms with Gasteiger partial charge in [0.15, 0.2) is 0 Å². The van der Waals surface area contributed by atoms with Crippen molar-refractivity contribution < 1.29 is 51.5 Å². The van der Waals surface area contributed by atoms with Gasteiger partial charge in [0.1, 0.15) is 24.1 Å². The maximum Gasteiger partial charge on any atom is 0.573 e. The van der Waals surface area contributed by atoms with Crippen LogP contribution < -0.4 is 4.74 Å². The van der Waals surface area contributed by atoms with Gasteiger partial charge in [0.25, 0.3) is 0 Å². The van der Waals surface area contributed by atoms with Crippen molar-refractivity contribution in [2.45, 2.75) is 62.3 Å². The summed E-state index contributed by atoms with van der Waals surface area (Å²) in [6, 6.07) is 38.8. The second kappa shape index (κ2) is 15.9. The number of aliphatic carboxylic acids is 1. The Kier molecular flexibility index (Phi) is 11.1. The van der Waals surface area contributed by atoms with Crippen molar-refractivity contribution in [3.8, 4) is 5.75 Å². The molecule has 0 spiro atoms. The Morgan fingerprint density at radius 1 is 0.722 bits per heavy atom. The van der Waals surface area contributed by atoms with E-state index in [-0.39, 0.29) is 32.0 Å². The van der Waals surface area contributed by atoms with Crippen molar-refractivity contribution in [3.05, 3.63) is 172 Å². The molecule has 0 amide bonds. The van der Waals surface area contributed by atoms with E-state index >= 15 is 0 Å². The average molecular weight is 761 g/mol. The fourth-order valence-electron chi connectivity index (χ4n) is 6.85. The molecule has 2 saturated heterocycles. The minimum atomic E-state index is -4.82. The standard InChI is InChI=1S/C42H36ClF3O8/c43-35-21-18-33(23-32(35)22-28-16-19-34(20-17-28)53-42(44,45)46)41-38(51-26-31-14-8-3-9-15-31)36(49-24-29-10-4-1-5-11-29)37(40(54-41,27-52-41)39(47)48)50-25-30-12-6-2-7-13-30/h1-21,23,36-38H,22,24-27H2,(H,47,48)/t36-,37-,38+,40-,41-/m0/s1. The van der Waals surface area contributed by atoms with Gasteiger partial charge in [-0.05, 0) is 58.5 Å². The summed E-state index contributed by atoms with van der Waals surface area (Å²) in [7, 11) is 0. The van der Waals surface area contributed by atoms with E-state index in [0.29, 0.717) is 21.7 Å². The molecule has 2 aliphatic rings. The zero-order valence-corrected chi connectivity index (χ0v) is 29.5. The Hall–Kier alpha value is -4.75. The Morgan fingerprint density at radius 3 is 1.80 bits per heavy atom. The van der Waals surface area contributed by atoms with E-state index in [1.54, 1.807) is 18.2 Å². The lowest BCUT2D eigenvalue weighted by molar-refractivity contribution is -0.345. The summed E-state index contributed by atoms with van der Waals surface area (Å²) >= 11 is 6.70. The van der Waals surface area contributed by atoms with E-state index in [2.05, 4.69) is 4.74 Å². The molecule has 5 atom stereocenters. The summed E-state index contributed by atoms with van der Waals surface area (Å²) in [6.07, 6.45) is -7.92. The van der Waals surface area contributed by atoms with E-state index in [9.17, 15) is 23.1 Å². The topological polar surface area (TPSA) is 92.7 Å². The fraction of sp³-hybridized carbons (Fsp3) is 0.262. The number of hydrogen-bond acceptors (Lipinski definition) is 7. The van der Waals surface area contributed by atoms with Crippen LogP contribution in [0.4, 0.5) is 13.2 Å². The number of carboxylic acid groups (broad SMARTS) is 1. The van der Waals surface area contributed by atoms with E-state index in [1.807, 2.05) is 91.0 Å². The molecule has 2 fully saturated rings. The van der Waals surface area contributed by atoms with Gasteiger partial charge in [0.05, 0.1) is 26.4 Å². The Labute approximate surface area is 314 Å². The van der Waals surface area contributed by atoms with Gasteiger partial charge in [-0.3, -0.25) is 0 Å². The average Bonchev–Trinajstić information content (AvgIpc) is 3.54. The van der Waals surface area contributed by atoms with Crippen molar-refractivity contribution in [2.75, 3.05) is 6.61 Å². The van der Waals surface area contributed by atoms with Crippen LogP contribution in [-0.4, -0.2) is 48.0 Å². The van der Waals surface area contributed by atoms with Crippen molar-refractivity contribution in [3.63, 3.8) is 0 Å². The highest BCUT2D eigenvalue weighted by Crippen LogP contribution is 2.53. The first-order valence-electron chi connectivity index (χ1n) is 17.2. The number of fused-ring (bicyclic) bond motifs is 2. The van der Waals surface area contributed by atoms with Gasteiger partial charge in [-0.25, -0.2) is 4.79 Å². The number of alkyl halides is 3. The van der Waals surface area contributed by atoms with Crippen molar-refractivity contribution in [1.29, 1.82) is 0 Å². The van der Waals surface area contributed by atoms with Gasteiger partial charge in [0.2, 0.25) is 11.4 Å². The zero-order valence-electron chi connectivity index (χ0n) is 28.8. The van der Waals surface area contributed by atoms with E-state index < -0.39 is 48.6 Å². The van der Waals surface area contributed by atoms with Crippen LogP contribution in [0, 0.1) is 0 Å². The van der Waals surface area contributed by atoms with Crippen molar-refractivity contribution in [1.82, 2.24) is 0 Å². The van der Waals surface area contributed by atoms with E-state index in [0.717, 1.165) is 16.7 Å². The van der Waals surface area contributed by atoms with Crippen molar-refractivity contribution in [2.24, 2.45) is 0 Å². The van der Waals surface area contributed by atoms with Crippen LogP contribution >= 0.6 is 11.6 Å². The number of rotatable bonds is 14. The first-order chi connectivity index (χ1) is 26.0. The molecule has 5 aromatic carbocycles. The minimum Gasteiger partial charge on any atom is -0.479 e. The summed E-state index contributed by atoms with van der Waals surface area (Å²) < 4.78 is 75.5. The molecule has 54 heavy (non-hydrogen) atoms. The highest BCUT2D eigenvalue weighted by Gasteiger charge is 2.72. The summed E-state index contributed by atoms with van der Waals surface area (Å²) in [5, 5.41) is 11.3. The van der Waals surface area contributed by atoms with Gasteiger partial charge in [-0.15, -0.1) is 13.2 Å². The summed E-state index contributed by atoms with van der Waals surface area (Å²) in [4.78, 5) is 13.4. The molecule has 12 heteroatoms. The normalized spacial score (nSPS) is 23.6. The molecule has 0 radical (unpaired) electrons. The number of hydrogen-bond donors (Lipinski definition) is 1. The molecule has 0 aliphatic carbocycles. The summed E-state index contributed by atoms with van der Waals surface area (Å²) in [5.41, 5.74) is 2.13. The molecule has 280 valence electrons. The molecule has 5 aromatic rings. The smallest absolute Gasteiger partial charge is 0.479 e.